The molecule has 0 aliphatic carbocycles. The summed E-state index contributed by atoms with van der Waals surface area (Å²) in [5, 5.41) is 3.77. The third-order valence-electron chi connectivity index (χ3n) is 3.64. The minimum atomic E-state index is 0.00633. The summed E-state index contributed by atoms with van der Waals surface area (Å²) in [4.78, 5) is 27.5. The summed E-state index contributed by atoms with van der Waals surface area (Å²) in [5.74, 6) is 0.327. The second-order valence-corrected chi connectivity index (χ2v) is 6.53. The van der Waals surface area contributed by atoms with E-state index in [1.807, 2.05) is 25.1 Å². The minimum absolute atomic E-state index is 0.00633. The van der Waals surface area contributed by atoms with E-state index in [0.29, 0.717) is 11.4 Å². The molecule has 6 nitrogen and oxygen atoms in total. The molecule has 0 bridgehead atoms. The smallest absolute Gasteiger partial charge is 0.230 e. The van der Waals surface area contributed by atoms with Gasteiger partial charge in [-0.2, -0.15) is 0 Å². The van der Waals surface area contributed by atoms with Gasteiger partial charge in [0.1, 0.15) is 16.9 Å². The number of thioether (sulfide) groups is 1. The van der Waals surface area contributed by atoms with Crippen LogP contribution in [0.5, 0.6) is 0 Å². The van der Waals surface area contributed by atoms with Crippen LogP contribution in [0, 0.1) is 0 Å². The maximum Gasteiger partial charge on any atom is 0.230 e. The fourth-order valence-electron chi connectivity index (χ4n) is 2.40. The maximum atomic E-state index is 12.1. The zero-order chi connectivity index (χ0) is 16.8. The molecule has 0 spiro atoms. The summed E-state index contributed by atoms with van der Waals surface area (Å²) >= 11 is 1.38. The molecule has 3 aromatic rings. The Balaban J connectivity index is 1.46. The number of aromatic nitrogens is 4. The van der Waals surface area contributed by atoms with Gasteiger partial charge in [0.15, 0.2) is 5.65 Å². The molecule has 2 N–H and O–H groups in total. The first-order valence-electron chi connectivity index (χ1n) is 7.82. The van der Waals surface area contributed by atoms with E-state index in [4.69, 9.17) is 0 Å². The van der Waals surface area contributed by atoms with Gasteiger partial charge in [0.05, 0.1) is 12.1 Å². The van der Waals surface area contributed by atoms with Crippen LogP contribution in [-0.4, -0.2) is 37.6 Å². The van der Waals surface area contributed by atoms with Crippen molar-refractivity contribution in [1.82, 2.24) is 25.3 Å². The van der Waals surface area contributed by atoms with Crippen molar-refractivity contribution in [2.75, 3.05) is 5.75 Å². The number of amides is 1. The molecule has 24 heavy (non-hydrogen) atoms. The van der Waals surface area contributed by atoms with Crippen LogP contribution in [0.4, 0.5) is 0 Å². The molecule has 1 atom stereocenters. The van der Waals surface area contributed by atoms with E-state index < -0.39 is 0 Å². The Morgan fingerprint density at radius 2 is 2.08 bits per heavy atom. The molecular formula is C17H19N5OS. The number of carbonyl (C=O) groups excluding carboxylic acids is 1. The predicted molar refractivity (Wildman–Crippen MR) is 94.8 cm³/mol. The van der Waals surface area contributed by atoms with E-state index in [0.717, 1.165) is 23.4 Å². The lowest BCUT2D eigenvalue weighted by molar-refractivity contribution is -0.119. The van der Waals surface area contributed by atoms with Gasteiger partial charge in [0.2, 0.25) is 5.91 Å². The van der Waals surface area contributed by atoms with Crippen molar-refractivity contribution < 1.29 is 4.79 Å². The van der Waals surface area contributed by atoms with Gasteiger partial charge in [-0.15, -0.1) is 0 Å². The van der Waals surface area contributed by atoms with Crippen LogP contribution in [0.25, 0.3) is 11.2 Å². The van der Waals surface area contributed by atoms with E-state index in [1.165, 1.54) is 23.7 Å². The number of carbonyl (C=O) groups is 1. The highest BCUT2D eigenvalue weighted by Crippen LogP contribution is 2.21. The first kappa shape index (κ1) is 16.4. The second-order valence-electron chi connectivity index (χ2n) is 5.56. The summed E-state index contributed by atoms with van der Waals surface area (Å²) in [6.45, 7) is 2.03. The number of hydrogen-bond acceptors (Lipinski definition) is 5. The van der Waals surface area contributed by atoms with Crippen LogP contribution in [0.3, 0.4) is 0 Å². The van der Waals surface area contributed by atoms with E-state index >= 15 is 0 Å². The lowest BCUT2D eigenvalue weighted by atomic mass is 10.1. The third kappa shape index (κ3) is 4.32. The fraction of sp³-hybridized carbons (Fsp3) is 0.294. The Bertz CT molecular complexity index is 805. The van der Waals surface area contributed by atoms with Crippen LogP contribution in [0.1, 0.15) is 18.9 Å². The van der Waals surface area contributed by atoms with Gasteiger partial charge < -0.3 is 10.3 Å². The van der Waals surface area contributed by atoms with Gasteiger partial charge in [-0.1, -0.05) is 42.1 Å². The zero-order valence-electron chi connectivity index (χ0n) is 13.4. The highest BCUT2D eigenvalue weighted by molar-refractivity contribution is 8.00. The summed E-state index contributed by atoms with van der Waals surface area (Å²) in [6, 6.07) is 10.4. The average Bonchev–Trinajstić information content (AvgIpc) is 3.08. The summed E-state index contributed by atoms with van der Waals surface area (Å²) < 4.78 is 0. The number of hydrogen-bond donors (Lipinski definition) is 2. The number of aromatic amines is 1. The Kier molecular flexibility index (Phi) is 5.43. The third-order valence-corrected chi connectivity index (χ3v) is 4.63. The molecule has 7 heteroatoms. The predicted octanol–water partition coefficient (Wildman–Crippen LogP) is 2.58. The van der Waals surface area contributed by atoms with E-state index in [-0.39, 0.29) is 11.9 Å². The van der Waals surface area contributed by atoms with Crippen molar-refractivity contribution in [2.24, 2.45) is 0 Å². The lowest BCUT2D eigenvalue weighted by Gasteiger charge is -2.13. The summed E-state index contributed by atoms with van der Waals surface area (Å²) in [5.41, 5.74) is 2.67. The lowest BCUT2D eigenvalue weighted by Crippen LogP contribution is -2.34. The van der Waals surface area contributed by atoms with Gasteiger partial charge in [-0.3, -0.25) is 4.79 Å². The monoisotopic (exact) mass is 341 g/mol. The minimum Gasteiger partial charge on any atom is -0.353 e. The van der Waals surface area contributed by atoms with Crippen molar-refractivity contribution in [3.05, 3.63) is 48.5 Å². The molecule has 2 aromatic heterocycles. The van der Waals surface area contributed by atoms with Gasteiger partial charge in [0.25, 0.3) is 0 Å². The van der Waals surface area contributed by atoms with Gasteiger partial charge in [-0.25, -0.2) is 15.0 Å². The first-order valence-corrected chi connectivity index (χ1v) is 8.81. The Morgan fingerprint density at radius 1 is 1.25 bits per heavy atom. The summed E-state index contributed by atoms with van der Waals surface area (Å²) in [7, 11) is 0. The molecule has 0 unspecified atom stereocenters. The first-order chi connectivity index (χ1) is 11.7. The number of imidazole rings is 1. The van der Waals surface area contributed by atoms with Crippen LogP contribution < -0.4 is 5.32 Å². The van der Waals surface area contributed by atoms with Crippen molar-refractivity contribution in [3.63, 3.8) is 0 Å². The number of rotatable bonds is 7. The zero-order valence-corrected chi connectivity index (χ0v) is 14.2. The molecule has 0 saturated heterocycles. The average molecular weight is 341 g/mol. The quantitative estimate of drug-likeness (QED) is 0.510. The van der Waals surface area contributed by atoms with Crippen LogP contribution in [0.2, 0.25) is 0 Å². The Hall–Kier alpha value is -2.41. The molecule has 3 rings (SSSR count). The molecule has 0 saturated carbocycles. The normalized spacial score (nSPS) is 12.2. The fourth-order valence-corrected chi connectivity index (χ4v) is 3.17. The van der Waals surface area contributed by atoms with Gasteiger partial charge in [-0.05, 0) is 25.3 Å². The van der Waals surface area contributed by atoms with Crippen molar-refractivity contribution in [2.45, 2.75) is 30.8 Å². The molecule has 0 aliphatic heterocycles. The van der Waals surface area contributed by atoms with Crippen LogP contribution >= 0.6 is 11.8 Å². The molecule has 0 aliphatic rings. The summed E-state index contributed by atoms with van der Waals surface area (Å²) in [6.07, 6.45) is 4.91. The largest absolute Gasteiger partial charge is 0.353 e. The van der Waals surface area contributed by atoms with Crippen LogP contribution in [-0.2, 0) is 11.2 Å². The van der Waals surface area contributed by atoms with Crippen molar-refractivity contribution in [3.8, 4) is 0 Å². The molecule has 0 fully saturated rings. The molecule has 1 aromatic carbocycles. The number of H-pyrrole nitrogens is 1. The van der Waals surface area contributed by atoms with E-state index in [2.05, 4.69) is 37.4 Å². The highest BCUT2D eigenvalue weighted by Gasteiger charge is 2.11. The van der Waals surface area contributed by atoms with Gasteiger partial charge in [0, 0.05) is 6.04 Å². The molecule has 2 heterocycles. The standard InChI is InChI=1S/C17H19N5OS/c1-12(7-8-13-5-3-2-4-6-13)22-14(23)9-24-17-15-16(19-10-18-15)20-11-21-17/h2-6,10-12H,7-9H2,1H3,(H,22,23)(H,18,19,20,21)/t12-/m0/s1. The van der Waals surface area contributed by atoms with Gasteiger partial charge >= 0.3 is 0 Å². The molecular weight excluding hydrogens is 322 g/mol. The number of benzene rings is 1. The second kappa shape index (κ2) is 7.92. The number of nitrogens with zero attached hydrogens (tertiary/aromatic N) is 3. The topological polar surface area (TPSA) is 83.6 Å². The van der Waals surface area contributed by atoms with E-state index in [1.54, 1.807) is 6.33 Å². The number of aryl methyl sites for hydroxylation is 1. The molecule has 0 radical (unpaired) electrons. The number of nitrogens with one attached hydrogen (secondary N) is 2. The Morgan fingerprint density at radius 3 is 2.92 bits per heavy atom. The van der Waals surface area contributed by atoms with Crippen molar-refractivity contribution >= 4 is 28.8 Å². The van der Waals surface area contributed by atoms with Crippen LogP contribution in [0.15, 0.2) is 48.0 Å². The molecule has 1 amide bonds. The number of fused-ring (bicyclic) bond motifs is 1. The maximum absolute atomic E-state index is 12.1. The molecule has 124 valence electrons. The Labute approximate surface area is 144 Å². The van der Waals surface area contributed by atoms with Crippen molar-refractivity contribution in [1.29, 1.82) is 0 Å². The SMILES string of the molecule is C[C@@H](CCc1ccccc1)NC(=O)CSc1ncnc2nc[nH]c12. The van der Waals surface area contributed by atoms with E-state index in [9.17, 15) is 4.79 Å². The highest BCUT2D eigenvalue weighted by atomic mass is 32.2.